The van der Waals surface area contributed by atoms with Crippen LogP contribution >= 0.6 is 0 Å². The lowest BCUT2D eigenvalue weighted by Crippen LogP contribution is -2.29. The Labute approximate surface area is 94.8 Å². The molecule has 5 nitrogen and oxygen atoms in total. The van der Waals surface area contributed by atoms with Crippen molar-refractivity contribution in [2.75, 3.05) is 13.1 Å². The Morgan fingerprint density at radius 3 is 2.44 bits per heavy atom. The van der Waals surface area contributed by atoms with Crippen LogP contribution in [0.2, 0.25) is 0 Å². The topological polar surface area (TPSA) is 70.0 Å². The van der Waals surface area contributed by atoms with Crippen LogP contribution in [0.5, 0.6) is 0 Å². The molecule has 90 valence electrons. The maximum Gasteiger partial charge on any atom is 0.308 e. The summed E-state index contributed by atoms with van der Waals surface area (Å²) in [5.41, 5.74) is 0. The summed E-state index contributed by atoms with van der Waals surface area (Å²) in [4.78, 5) is 21.6. The first-order chi connectivity index (χ1) is 7.72. The van der Waals surface area contributed by atoms with Gasteiger partial charge in [0.05, 0.1) is 17.7 Å². The predicted molar refractivity (Wildman–Crippen MR) is 58.6 cm³/mol. The zero-order chi connectivity index (χ0) is 11.5. The molecule has 0 spiro atoms. The fourth-order valence-electron chi connectivity index (χ4n) is 3.18. The summed E-state index contributed by atoms with van der Waals surface area (Å²) in [5.74, 6) is -0.584. The Balaban J connectivity index is 2.04. The average Bonchev–Trinajstić information content (AvgIpc) is 2.74. The molecule has 0 radical (unpaired) electrons. The number of hydrogen-bond donors (Lipinski definition) is 1. The molecule has 0 aromatic carbocycles. The normalized spacial score (nSPS) is 31.6. The minimum absolute atomic E-state index is 0.121. The van der Waals surface area contributed by atoms with Crippen LogP contribution in [-0.2, 0) is 4.79 Å². The second kappa shape index (κ2) is 4.80. The van der Waals surface area contributed by atoms with Gasteiger partial charge in [-0.2, -0.15) is 0 Å². The van der Waals surface area contributed by atoms with Crippen molar-refractivity contribution in [2.45, 2.75) is 32.1 Å². The minimum atomic E-state index is -0.776. The lowest BCUT2D eigenvalue weighted by molar-refractivity contribution is -0.143. The summed E-state index contributed by atoms with van der Waals surface area (Å²) in [5, 5.41) is 13.4. The molecule has 2 atom stereocenters. The number of nitrogens with zero attached hydrogens (tertiary/aromatic N) is 2. The first-order valence-electron chi connectivity index (χ1n) is 6.03. The molecule has 0 aromatic heterocycles. The average molecular weight is 226 g/mol. The highest BCUT2D eigenvalue weighted by atomic mass is 16.4. The Bertz CT molecular complexity index is 276. The van der Waals surface area contributed by atoms with E-state index in [0.717, 1.165) is 12.8 Å². The molecule has 2 rings (SSSR count). The van der Waals surface area contributed by atoms with Crippen molar-refractivity contribution in [1.82, 2.24) is 5.01 Å². The van der Waals surface area contributed by atoms with Gasteiger partial charge in [-0.15, -0.1) is 4.91 Å². The zero-order valence-electron chi connectivity index (χ0n) is 9.34. The van der Waals surface area contributed by atoms with E-state index in [4.69, 9.17) is 5.11 Å². The first kappa shape index (κ1) is 11.4. The fourth-order valence-corrected chi connectivity index (χ4v) is 3.18. The van der Waals surface area contributed by atoms with Crippen LogP contribution in [0.15, 0.2) is 5.29 Å². The number of hydrogen-bond acceptors (Lipinski definition) is 3. The van der Waals surface area contributed by atoms with Gasteiger partial charge < -0.3 is 5.11 Å². The Kier molecular flexibility index (Phi) is 3.41. The van der Waals surface area contributed by atoms with Crippen molar-refractivity contribution in [3.63, 3.8) is 0 Å². The first-order valence-corrected chi connectivity index (χ1v) is 6.03. The van der Waals surface area contributed by atoms with Gasteiger partial charge in [0.15, 0.2) is 0 Å². The molecule has 0 aromatic rings. The molecule has 0 amide bonds. The third kappa shape index (κ3) is 2.18. The van der Waals surface area contributed by atoms with Crippen molar-refractivity contribution in [1.29, 1.82) is 0 Å². The van der Waals surface area contributed by atoms with E-state index in [9.17, 15) is 9.70 Å². The van der Waals surface area contributed by atoms with Crippen LogP contribution < -0.4 is 0 Å². The van der Waals surface area contributed by atoms with Crippen molar-refractivity contribution in [2.24, 2.45) is 23.0 Å². The molecular formula is C11H18N2O3. The van der Waals surface area contributed by atoms with E-state index in [-0.39, 0.29) is 5.92 Å². The van der Waals surface area contributed by atoms with Gasteiger partial charge in [-0.1, -0.05) is 32.1 Å². The van der Waals surface area contributed by atoms with Gasteiger partial charge in [0.25, 0.3) is 0 Å². The molecule has 1 N–H and O–H groups in total. The van der Waals surface area contributed by atoms with Gasteiger partial charge in [0.2, 0.25) is 0 Å². The van der Waals surface area contributed by atoms with E-state index in [0.29, 0.717) is 19.0 Å². The predicted octanol–water partition coefficient (Wildman–Crippen LogP) is 1.88. The summed E-state index contributed by atoms with van der Waals surface area (Å²) < 4.78 is 0. The van der Waals surface area contributed by atoms with E-state index in [2.05, 4.69) is 5.29 Å². The number of aliphatic carboxylic acids is 1. The van der Waals surface area contributed by atoms with Gasteiger partial charge in [0, 0.05) is 6.54 Å². The number of carboxylic acid groups (broad SMARTS) is 1. The van der Waals surface area contributed by atoms with Gasteiger partial charge in [-0.25, -0.2) is 0 Å². The smallest absolute Gasteiger partial charge is 0.308 e. The molecule has 1 heterocycles. The number of carbonyl (C=O) groups is 1. The standard InChI is InChI=1S/C11H18N2O3/c14-11(15)10-7-13(12-16)6-9(10)8-4-2-1-3-5-8/h8-10H,1-7H2,(H,14,15). The number of nitroso groups, excluding NO2 is 1. The van der Waals surface area contributed by atoms with E-state index in [1.165, 1.54) is 24.3 Å². The maximum atomic E-state index is 11.1. The highest BCUT2D eigenvalue weighted by Gasteiger charge is 2.42. The Morgan fingerprint density at radius 1 is 1.19 bits per heavy atom. The van der Waals surface area contributed by atoms with Crippen molar-refractivity contribution in [3.8, 4) is 0 Å². The molecule has 2 fully saturated rings. The van der Waals surface area contributed by atoms with E-state index < -0.39 is 11.9 Å². The van der Waals surface area contributed by atoms with Gasteiger partial charge in [-0.3, -0.25) is 9.80 Å². The second-order valence-corrected chi connectivity index (χ2v) is 4.96. The van der Waals surface area contributed by atoms with E-state index in [1.54, 1.807) is 0 Å². The monoisotopic (exact) mass is 226 g/mol. The van der Waals surface area contributed by atoms with Gasteiger partial charge in [-0.05, 0) is 11.8 Å². The fraction of sp³-hybridized carbons (Fsp3) is 0.909. The molecule has 1 saturated heterocycles. The molecule has 2 unspecified atom stereocenters. The molecule has 16 heavy (non-hydrogen) atoms. The number of carboxylic acids is 1. The van der Waals surface area contributed by atoms with Crippen molar-refractivity contribution < 1.29 is 9.90 Å². The second-order valence-electron chi connectivity index (χ2n) is 4.96. The van der Waals surface area contributed by atoms with Crippen LogP contribution in [0.1, 0.15) is 32.1 Å². The van der Waals surface area contributed by atoms with E-state index >= 15 is 0 Å². The summed E-state index contributed by atoms with van der Waals surface area (Å²) in [7, 11) is 0. The summed E-state index contributed by atoms with van der Waals surface area (Å²) in [6, 6.07) is 0. The maximum absolute atomic E-state index is 11.1. The third-order valence-electron chi connectivity index (χ3n) is 4.03. The van der Waals surface area contributed by atoms with Crippen molar-refractivity contribution >= 4 is 5.97 Å². The quantitative estimate of drug-likeness (QED) is 0.746. The summed E-state index contributed by atoms with van der Waals surface area (Å²) in [6.45, 7) is 0.825. The highest BCUT2D eigenvalue weighted by molar-refractivity contribution is 5.71. The largest absolute Gasteiger partial charge is 0.481 e. The Morgan fingerprint density at radius 2 is 1.88 bits per heavy atom. The molecule has 1 saturated carbocycles. The van der Waals surface area contributed by atoms with Crippen LogP contribution in [0.25, 0.3) is 0 Å². The van der Waals surface area contributed by atoms with Crippen molar-refractivity contribution in [3.05, 3.63) is 4.91 Å². The Hall–Kier alpha value is -1.13. The molecule has 1 aliphatic carbocycles. The molecule has 1 aliphatic heterocycles. The summed E-state index contributed by atoms with van der Waals surface area (Å²) in [6.07, 6.45) is 5.88. The van der Waals surface area contributed by atoms with Gasteiger partial charge in [0.1, 0.15) is 0 Å². The SMILES string of the molecule is O=NN1CC(C(=O)O)C(C2CCCCC2)C1. The third-order valence-corrected chi connectivity index (χ3v) is 4.03. The molecular weight excluding hydrogens is 208 g/mol. The van der Waals surface area contributed by atoms with Crippen LogP contribution in [0.4, 0.5) is 0 Å². The molecule has 0 bridgehead atoms. The molecule has 2 aliphatic rings. The minimum Gasteiger partial charge on any atom is -0.481 e. The lowest BCUT2D eigenvalue weighted by atomic mass is 9.75. The van der Waals surface area contributed by atoms with Gasteiger partial charge >= 0.3 is 5.97 Å². The van der Waals surface area contributed by atoms with Crippen LogP contribution in [0, 0.1) is 22.7 Å². The van der Waals surface area contributed by atoms with E-state index in [1.807, 2.05) is 0 Å². The highest BCUT2D eigenvalue weighted by Crippen LogP contribution is 2.38. The lowest BCUT2D eigenvalue weighted by Gasteiger charge is -2.28. The van der Waals surface area contributed by atoms with Crippen LogP contribution in [-0.4, -0.2) is 29.2 Å². The van der Waals surface area contributed by atoms with Crippen LogP contribution in [0.3, 0.4) is 0 Å². The number of rotatable bonds is 3. The zero-order valence-corrected chi connectivity index (χ0v) is 9.34. The summed E-state index contributed by atoms with van der Waals surface area (Å²) >= 11 is 0. The molecule has 5 heteroatoms.